The maximum absolute atomic E-state index is 13.2. The number of anilines is 1. The summed E-state index contributed by atoms with van der Waals surface area (Å²) < 4.78 is 4.39. The van der Waals surface area contributed by atoms with Gasteiger partial charge in [0.1, 0.15) is 18.1 Å². The van der Waals surface area contributed by atoms with Crippen LogP contribution in [0.2, 0.25) is 0 Å². The van der Waals surface area contributed by atoms with Gasteiger partial charge in [0.15, 0.2) is 0 Å². The third-order valence-corrected chi connectivity index (χ3v) is 6.89. The Kier molecular flexibility index (Phi) is 6.48. The molecule has 0 bridgehead atoms. The largest absolute Gasteiger partial charge is 0.508 e. The first kappa shape index (κ1) is 22.7. The molecule has 1 saturated carbocycles. The fourth-order valence-electron chi connectivity index (χ4n) is 3.98. The van der Waals surface area contributed by atoms with Crippen LogP contribution in [-0.4, -0.2) is 55.9 Å². The molecule has 0 radical (unpaired) electrons. The number of amides is 2. The van der Waals surface area contributed by atoms with Gasteiger partial charge in [-0.3, -0.25) is 14.5 Å². The molecule has 1 unspecified atom stereocenters. The fraction of sp³-hybridized carbons (Fsp3) is 0.565. The van der Waals surface area contributed by atoms with Gasteiger partial charge in [-0.2, -0.15) is 4.37 Å². The summed E-state index contributed by atoms with van der Waals surface area (Å²) in [6, 6.07) is 5.13. The minimum atomic E-state index is -0.766. The molecule has 1 aromatic heterocycles. The van der Waals surface area contributed by atoms with Crippen LogP contribution >= 0.6 is 11.5 Å². The predicted molar refractivity (Wildman–Crippen MR) is 122 cm³/mol. The first-order valence-corrected chi connectivity index (χ1v) is 11.9. The number of aliphatic hydroxyl groups excluding tert-OH is 1. The number of hydrogen-bond donors (Lipinski definition) is 2. The van der Waals surface area contributed by atoms with Crippen molar-refractivity contribution in [2.45, 2.75) is 58.0 Å². The van der Waals surface area contributed by atoms with Crippen LogP contribution in [0.3, 0.4) is 0 Å². The molecule has 2 atom stereocenters. The lowest BCUT2D eigenvalue weighted by Crippen LogP contribution is -2.42. The summed E-state index contributed by atoms with van der Waals surface area (Å²) in [6.07, 6.45) is 1.74. The van der Waals surface area contributed by atoms with Gasteiger partial charge in [0.25, 0.3) is 0 Å². The lowest BCUT2D eigenvalue weighted by molar-refractivity contribution is -0.132. The molecular formula is C23H30N4O4S. The SMILES string of the molecule is CC(C)c1nsc(N(CC2CC2)C(=O)CN2C[C@H](c3ccc(C(C)O)c(O)c3)CC2=O)n1. The number of carbonyl (C=O) groups is 2. The van der Waals surface area contributed by atoms with E-state index in [1.54, 1.807) is 28.9 Å². The van der Waals surface area contributed by atoms with Crippen molar-refractivity contribution in [3.63, 3.8) is 0 Å². The Labute approximate surface area is 192 Å². The molecule has 2 amide bonds. The summed E-state index contributed by atoms with van der Waals surface area (Å²) in [5, 5.41) is 20.5. The molecule has 4 rings (SSSR count). The second-order valence-electron chi connectivity index (χ2n) is 9.21. The third-order valence-electron chi connectivity index (χ3n) is 6.13. The molecule has 2 aromatic rings. The zero-order valence-corrected chi connectivity index (χ0v) is 19.5. The topological polar surface area (TPSA) is 107 Å². The summed E-state index contributed by atoms with van der Waals surface area (Å²) in [7, 11) is 0. The van der Waals surface area contributed by atoms with Gasteiger partial charge >= 0.3 is 0 Å². The highest BCUT2D eigenvalue weighted by molar-refractivity contribution is 7.09. The number of phenolic OH excluding ortho intramolecular Hbond substituents is 1. The van der Waals surface area contributed by atoms with Crippen molar-refractivity contribution in [2.24, 2.45) is 5.92 Å². The van der Waals surface area contributed by atoms with E-state index in [0.717, 1.165) is 24.2 Å². The standard InChI is InChI=1S/C23H30N4O4S/c1-13(2)22-24-23(32-25-22)27(10-15-4-5-15)21(31)12-26-11-17(9-20(26)30)16-6-7-18(14(3)28)19(29)8-16/h6-8,13-15,17,28-29H,4-5,9-12H2,1-3H3/t14?,17-/m1/s1. The van der Waals surface area contributed by atoms with Crippen LogP contribution in [0.15, 0.2) is 18.2 Å². The zero-order chi connectivity index (χ0) is 23.0. The van der Waals surface area contributed by atoms with Gasteiger partial charge in [0.05, 0.1) is 6.10 Å². The van der Waals surface area contributed by atoms with Gasteiger partial charge in [-0.25, -0.2) is 4.98 Å². The molecule has 32 heavy (non-hydrogen) atoms. The van der Waals surface area contributed by atoms with E-state index in [9.17, 15) is 19.8 Å². The Morgan fingerprint density at radius 1 is 1.31 bits per heavy atom. The van der Waals surface area contributed by atoms with Crippen molar-refractivity contribution >= 4 is 28.5 Å². The predicted octanol–water partition coefficient (Wildman–Crippen LogP) is 3.18. The summed E-state index contributed by atoms with van der Waals surface area (Å²) in [4.78, 5) is 33.7. The summed E-state index contributed by atoms with van der Waals surface area (Å²) in [5.41, 5.74) is 1.29. The highest BCUT2D eigenvalue weighted by Crippen LogP contribution is 2.35. The Morgan fingerprint density at radius 2 is 2.06 bits per heavy atom. The van der Waals surface area contributed by atoms with Crippen molar-refractivity contribution in [2.75, 3.05) is 24.5 Å². The summed E-state index contributed by atoms with van der Waals surface area (Å²) in [5.74, 6) is 1.12. The monoisotopic (exact) mass is 458 g/mol. The van der Waals surface area contributed by atoms with Crippen LogP contribution in [-0.2, 0) is 9.59 Å². The number of likely N-dealkylation sites (tertiary alicyclic amines) is 1. The molecule has 1 aromatic carbocycles. The molecule has 1 aliphatic carbocycles. The number of rotatable bonds is 8. The van der Waals surface area contributed by atoms with Crippen molar-refractivity contribution < 1.29 is 19.8 Å². The van der Waals surface area contributed by atoms with Gasteiger partial charge in [-0.05, 0) is 37.3 Å². The smallest absolute Gasteiger partial charge is 0.248 e. The quantitative estimate of drug-likeness (QED) is 0.629. The Morgan fingerprint density at radius 3 is 2.66 bits per heavy atom. The molecule has 0 spiro atoms. The number of benzene rings is 1. The van der Waals surface area contributed by atoms with Gasteiger partial charge in [-0.1, -0.05) is 26.0 Å². The van der Waals surface area contributed by atoms with Crippen LogP contribution < -0.4 is 4.90 Å². The van der Waals surface area contributed by atoms with Gasteiger partial charge < -0.3 is 15.1 Å². The van der Waals surface area contributed by atoms with E-state index in [1.807, 2.05) is 19.9 Å². The van der Waals surface area contributed by atoms with E-state index in [-0.39, 0.29) is 35.9 Å². The molecule has 2 fully saturated rings. The van der Waals surface area contributed by atoms with E-state index < -0.39 is 6.10 Å². The Hall–Kier alpha value is -2.52. The third kappa shape index (κ3) is 4.94. The van der Waals surface area contributed by atoms with E-state index >= 15 is 0 Å². The zero-order valence-electron chi connectivity index (χ0n) is 18.7. The summed E-state index contributed by atoms with van der Waals surface area (Å²) in [6.45, 7) is 6.68. The molecule has 172 valence electrons. The molecule has 1 aliphatic heterocycles. The second-order valence-corrected chi connectivity index (χ2v) is 9.94. The fourth-order valence-corrected chi connectivity index (χ4v) is 4.82. The molecular weight excluding hydrogens is 428 g/mol. The second kappa shape index (κ2) is 9.15. The van der Waals surface area contributed by atoms with Crippen molar-refractivity contribution in [1.82, 2.24) is 14.3 Å². The normalized spacial score (nSPS) is 19.6. The number of aromatic nitrogens is 2. The average Bonchev–Trinajstić information content (AvgIpc) is 3.29. The Balaban J connectivity index is 1.45. The van der Waals surface area contributed by atoms with E-state index in [2.05, 4.69) is 9.36 Å². The highest BCUT2D eigenvalue weighted by Gasteiger charge is 2.35. The maximum Gasteiger partial charge on any atom is 0.248 e. The molecule has 2 aliphatic rings. The van der Waals surface area contributed by atoms with E-state index in [0.29, 0.717) is 36.1 Å². The van der Waals surface area contributed by atoms with E-state index in [1.165, 1.54) is 11.5 Å². The van der Waals surface area contributed by atoms with Gasteiger partial charge in [0.2, 0.25) is 16.9 Å². The van der Waals surface area contributed by atoms with Crippen LogP contribution in [0.1, 0.15) is 74.9 Å². The van der Waals surface area contributed by atoms with Crippen LogP contribution in [0.4, 0.5) is 5.13 Å². The molecule has 9 heteroatoms. The molecule has 1 saturated heterocycles. The summed E-state index contributed by atoms with van der Waals surface area (Å²) >= 11 is 1.24. The van der Waals surface area contributed by atoms with Crippen LogP contribution in [0, 0.1) is 5.92 Å². The van der Waals surface area contributed by atoms with Crippen molar-refractivity contribution in [3.05, 3.63) is 35.2 Å². The van der Waals surface area contributed by atoms with Gasteiger partial charge in [0, 0.05) is 48.4 Å². The van der Waals surface area contributed by atoms with Crippen LogP contribution in [0.25, 0.3) is 0 Å². The number of nitrogens with zero attached hydrogens (tertiary/aromatic N) is 4. The lowest BCUT2D eigenvalue weighted by Gasteiger charge is -2.23. The lowest BCUT2D eigenvalue weighted by atomic mass is 9.95. The molecule has 2 N–H and O–H groups in total. The Bertz CT molecular complexity index is 1000. The van der Waals surface area contributed by atoms with Crippen molar-refractivity contribution in [1.29, 1.82) is 0 Å². The number of phenols is 1. The number of carbonyl (C=O) groups excluding carboxylic acids is 2. The van der Waals surface area contributed by atoms with Crippen molar-refractivity contribution in [3.8, 4) is 5.75 Å². The first-order valence-electron chi connectivity index (χ1n) is 11.2. The number of aromatic hydroxyl groups is 1. The maximum atomic E-state index is 13.2. The van der Waals surface area contributed by atoms with E-state index in [4.69, 9.17) is 0 Å². The van der Waals surface area contributed by atoms with Crippen LogP contribution in [0.5, 0.6) is 5.75 Å². The minimum Gasteiger partial charge on any atom is -0.508 e. The van der Waals surface area contributed by atoms with Gasteiger partial charge in [-0.15, -0.1) is 0 Å². The highest BCUT2D eigenvalue weighted by atomic mass is 32.1. The average molecular weight is 459 g/mol. The molecule has 2 heterocycles. The first-order chi connectivity index (χ1) is 15.2. The molecule has 8 nitrogen and oxygen atoms in total. The number of hydrogen-bond acceptors (Lipinski definition) is 7. The number of aliphatic hydroxyl groups is 1. The minimum absolute atomic E-state index is 0.0103.